The second-order valence-corrected chi connectivity index (χ2v) is 4.26. The van der Waals surface area contributed by atoms with E-state index in [2.05, 4.69) is 25.6 Å². The summed E-state index contributed by atoms with van der Waals surface area (Å²) in [4.78, 5) is 13.6. The SMILES string of the molecule is CNCCCNc1cc(N(C)c2ccc[nH]2)ncn1. The summed E-state index contributed by atoms with van der Waals surface area (Å²) in [5.74, 6) is 2.70. The van der Waals surface area contributed by atoms with Crippen LogP contribution in [0.15, 0.2) is 30.7 Å². The Hall–Kier alpha value is -2.08. The highest BCUT2D eigenvalue weighted by molar-refractivity contribution is 5.58. The van der Waals surface area contributed by atoms with Crippen molar-refractivity contribution in [3.05, 3.63) is 30.7 Å². The maximum Gasteiger partial charge on any atom is 0.139 e. The highest BCUT2D eigenvalue weighted by Gasteiger charge is 2.06. The number of H-pyrrole nitrogens is 1. The van der Waals surface area contributed by atoms with Crippen LogP contribution in [0.5, 0.6) is 0 Å². The van der Waals surface area contributed by atoms with Crippen molar-refractivity contribution in [3.63, 3.8) is 0 Å². The van der Waals surface area contributed by atoms with Gasteiger partial charge in [0.25, 0.3) is 0 Å². The van der Waals surface area contributed by atoms with Gasteiger partial charge in [0, 0.05) is 25.9 Å². The molecule has 0 unspecified atom stereocenters. The number of anilines is 3. The van der Waals surface area contributed by atoms with Crippen LogP contribution >= 0.6 is 0 Å². The summed E-state index contributed by atoms with van der Waals surface area (Å²) in [6.45, 7) is 1.89. The average Bonchev–Trinajstić information content (AvgIpc) is 2.97. The number of nitrogens with zero attached hydrogens (tertiary/aromatic N) is 3. The lowest BCUT2D eigenvalue weighted by Gasteiger charge is -2.16. The molecule has 3 N–H and O–H groups in total. The molecule has 0 saturated carbocycles. The molecule has 0 atom stereocenters. The third-order valence-electron chi connectivity index (χ3n) is 2.85. The number of nitrogens with one attached hydrogen (secondary N) is 3. The van der Waals surface area contributed by atoms with Crippen molar-refractivity contribution in [2.75, 3.05) is 37.4 Å². The summed E-state index contributed by atoms with van der Waals surface area (Å²) >= 11 is 0. The van der Waals surface area contributed by atoms with Gasteiger partial charge in [0.1, 0.15) is 23.8 Å². The van der Waals surface area contributed by atoms with Crippen molar-refractivity contribution >= 4 is 17.5 Å². The molecule has 0 fully saturated rings. The minimum absolute atomic E-state index is 0.847. The lowest BCUT2D eigenvalue weighted by atomic mass is 10.4. The topological polar surface area (TPSA) is 68.9 Å². The van der Waals surface area contributed by atoms with Crippen LogP contribution in [-0.2, 0) is 0 Å². The minimum Gasteiger partial charge on any atom is -0.370 e. The van der Waals surface area contributed by atoms with E-state index in [1.54, 1.807) is 6.33 Å². The van der Waals surface area contributed by atoms with E-state index in [1.807, 2.05) is 43.4 Å². The Labute approximate surface area is 113 Å². The molecule has 6 heteroatoms. The van der Waals surface area contributed by atoms with Crippen molar-refractivity contribution in [1.82, 2.24) is 20.3 Å². The van der Waals surface area contributed by atoms with Crippen molar-refractivity contribution in [2.24, 2.45) is 0 Å². The smallest absolute Gasteiger partial charge is 0.139 e. The van der Waals surface area contributed by atoms with E-state index < -0.39 is 0 Å². The van der Waals surface area contributed by atoms with E-state index in [1.165, 1.54) is 0 Å². The molecule has 0 saturated heterocycles. The van der Waals surface area contributed by atoms with E-state index in [0.717, 1.165) is 37.0 Å². The Kier molecular flexibility index (Phi) is 4.74. The Morgan fingerprint density at radius 2 is 2.21 bits per heavy atom. The summed E-state index contributed by atoms with van der Waals surface area (Å²) < 4.78 is 0. The molecule has 2 aromatic rings. The molecule has 0 aliphatic rings. The van der Waals surface area contributed by atoms with Gasteiger partial charge in [-0.25, -0.2) is 9.97 Å². The van der Waals surface area contributed by atoms with E-state index in [9.17, 15) is 0 Å². The Morgan fingerprint density at radius 3 is 2.95 bits per heavy atom. The highest BCUT2D eigenvalue weighted by atomic mass is 15.2. The third kappa shape index (κ3) is 3.69. The molecule has 0 aromatic carbocycles. The molecule has 0 spiro atoms. The molecule has 19 heavy (non-hydrogen) atoms. The maximum atomic E-state index is 4.28. The summed E-state index contributed by atoms with van der Waals surface area (Å²) in [5.41, 5.74) is 0. The molecule has 0 bridgehead atoms. The van der Waals surface area contributed by atoms with Gasteiger partial charge in [-0.2, -0.15) is 0 Å². The molecule has 0 aliphatic carbocycles. The molecule has 6 nitrogen and oxygen atoms in total. The number of hydrogen-bond donors (Lipinski definition) is 3. The van der Waals surface area contributed by atoms with Crippen LogP contribution in [-0.4, -0.2) is 42.1 Å². The van der Waals surface area contributed by atoms with Gasteiger partial charge in [-0.1, -0.05) is 0 Å². The molecule has 0 amide bonds. The fourth-order valence-electron chi connectivity index (χ4n) is 1.76. The van der Waals surface area contributed by atoms with Gasteiger partial charge >= 0.3 is 0 Å². The van der Waals surface area contributed by atoms with E-state index in [4.69, 9.17) is 0 Å². The molecule has 0 radical (unpaired) electrons. The van der Waals surface area contributed by atoms with Gasteiger partial charge in [-0.3, -0.25) is 0 Å². The van der Waals surface area contributed by atoms with Crippen molar-refractivity contribution in [1.29, 1.82) is 0 Å². The number of hydrogen-bond acceptors (Lipinski definition) is 5. The van der Waals surface area contributed by atoms with Crippen LogP contribution in [0.2, 0.25) is 0 Å². The van der Waals surface area contributed by atoms with Gasteiger partial charge in [-0.05, 0) is 32.1 Å². The number of aromatic nitrogens is 3. The largest absolute Gasteiger partial charge is 0.370 e. The third-order valence-corrected chi connectivity index (χ3v) is 2.85. The summed E-state index contributed by atoms with van der Waals surface area (Å²) in [6, 6.07) is 5.91. The Balaban J connectivity index is 1.98. The van der Waals surface area contributed by atoms with Crippen LogP contribution in [0.25, 0.3) is 0 Å². The molecular formula is C13H20N6. The first-order valence-electron chi connectivity index (χ1n) is 6.39. The van der Waals surface area contributed by atoms with Gasteiger partial charge in [0.2, 0.25) is 0 Å². The maximum absolute atomic E-state index is 4.28. The van der Waals surface area contributed by atoms with Crippen LogP contribution in [0.3, 0.4) is 0 Å². The lowest BCUT2D eigenvalue weighted by molar-refractivity contribution is 0.746. The second kappa shape index (κ2) is 6.75. The zero-order valence-electron chi connectivity index (χ0n) is 11.3. The van der Waals surface area contributed by atoms with Crippen LogP contribution in [0.1, 0.15) is 6.42 Å². The first-order valence-corrected chi connectivity index (χ1v) is 6.39. The zero-order valence-corrected chi connectivity index (χ0v) is 11.3. The normalized spacial score (nSPS) is 10.4. The molecule has 102 valence electrons. The summed E-state index contributed by atoms with van der Waals surface area (Å²) in [5, 5.41) is 6.41. The fraction of sp³-hybridized carbons (Fsp3) is 0.385. The van der Waals surface area contributed by atoms with Crippen molar-refractivity contribution < 1.29 is 0 Å². The van der Waals surface area contributed by atoms with Gasteiger partial charge in [0.15, 0.2) is 0 Å². The van der Waals surface area contributed by atoms with Crippen LogP contribution in [0, 0.1) is 0 Å². The molecule has 0 aliphatic heterocycles. The monoisotopic (exact) mass is 260 g/mol. The summed E-state index contributed by atoms with van der Waals surface area (Å²) in [6.07, 6.45) is 4.53. The van der Waals surface area contributed by atoms with E-state index in [0.29, 0.717) is 0 Å². The lowest BCUT2D eigenvalue weighted by Crippen LogP contribution is -2.15. The minimum atomic E-state index is 0.847. The van der Waals surface area contributed by atoms with Gasteiger partial charge in [-0.15, -0.1) is 0 Å². The fourth-order valence-corrected chi connectivity index (χ4v) is 1.76. The first-order chi connectivity index (χ1) is 9.31. The van der Waals surface area contributed by atoms with Gasteiger partial charge < -0.3 is 20.5 Å². The quantitative estimate of drug-likeness (QED) is 0.660. The molecular weight excluding hydrogens is 240 g/mol. The Morgan fingerprint density at radius 1 is 1.32 bits per heavy atom. The standard InChI is InChI=1S/C13H20N6/c1-14-6-4-8-15-11-9-13(18-10-17-11)19(2)12-5-3-7-16-12/h3,5,7,9-10,14,16H,4,6,8H2,1-2H3,(H,15,17,18). The molecule has 2 heterocycles. The second-order valence-electron chi connectivity index (χ2n) is 4.26. The Bertz CT molecular complexity index is 482. The van der Waals surface area contributed by atoms with Crippen LogP contribution < -0.4 is 15.5 Å². The van der Waals surface area contributed by atoms with Crippen LogP contribution in [0.4, 0.5) is 17.5 Å². The zero-order chi connectivity index (χ0) is 13.5. The predicted molar refractivity (Wildman–Crippen MR) is 77.9 cm³/mol. The molecule has 2 rings (SSSR count). The van der Waals surface area contributed by atoms with E-state index >= 15 is 0 Å². The van der Waals surface area contributed by atoms with Gasteiger partial charge in [0.05, 0.1) is 0 Å². The van der Waals surface area contributed by atoms with E-state index in [-0.39, 0.29) is 0 Å². The predicted octanol–water partition coefficient (Wildman–Crippen LogP) is 1.59. The molecule has 2 aromatic heterocycles. The number of aromatic amines is 1. The summed E-state index contributed by atoms with van der Waals surface area (Å²) in [7, 11) is 3.92. The first kappa shape index (κ1) is 13.4. The highest BCUT2D eigenvalue weighted by Crippen LogP contribution is 2.20. The number of rotatable bonds is 7. The van der Waals surface area contributed by atoms with Crippen molar-refractivity contribution in [2.45, 2.75) is 6.42 Å². The average molecular weight is 260 g/mol. The van der Waals surface area contributed by atoms with Crippen molar-refractivity contribution in [3.8, 4) is 0 Å².